The van der Waals surface area contributed by atoms with Crippen molar-refractivity contribution in [3.8, 4) is 11.4 Å². The number of hydrogen-bond acceptors (Lipinski definition) is 3. The summed E-state index contributed by atoms with van der Waals surface area (Å²) in [7, 11) is 3.98. The van der Waals surface area contributed by atoms with E-state index in [4.69, 9.17) is 0 Å². The van der Waals surface area contributed by atoms with Crippen LogP contribution in [0.2, 0.25) is 0 Å². The zero-order valence-electron chi connectivity index (χ0n) is 11.9. The van der Waals surface area contributed by atoms with Crippen molar-refractivity contribution in [2.45, 2.75) is 6.92 Å². The molecule has 1 aromatic carbocycles. The molecule has 4 heteroatoms. The largest absolute Gasteiger partial charge is 0.357 e. The van der Waals surface area contributed by atoms with Gasteiger partial charge in [0.15, 0.2) is 0 Å². The van der Waals surface area contributed by atoms with E-state index in [1.165, 1.54) is 5.56 Å². The van der Waals surface area contributed by atoms with Gasteiger partial charge in [0, 0.05) is 25.7 Å². The van der Waals surface area contributed by atoms with Crippen molar-refractivity contribution >= 4 is 11.6 Å². The number of rotatable bonds is 2. The predicted octanol–water partition coefficient (Wildman–Crippen LogP) is 2.26. The summed E-state index contributed by atoms with van der Waals surface area (Å²) in [4.78, 5) is 11.3. The standard InChI is InChI=1S/C16H17N4/c1-12-9-10-20-14(11-12)17-15(18-16(20)19(2)3)13-7-5-4-6-8-13/h4-11H,1-3H3/q+1. The van der Waals surface area contributed by atoms with Crippen LogP contribution in [0.4, 0.5) is 5.95 Å². The Morgan fingerprint density at radius 3 is 2.45 bits per heavy atom. The van der Waals surface area contributed by atoms with Crippen molar-refractivity contribution in [3.63, 3.8) is 0 Å². The lowest BCUT2D eigenvalue weighted by Crippen LogP contribution is -2.33. The summed E-state index contributed by atoms with van der Waals surface area (Å²) in [5, 5.41) is 0. The molecule has 0 aliphatic rings. The molecule has 20 heavy (non-hydrogen) atoms. The first-order chi connectivity index (χ1) is 9.65. The minimum Gasteiger partial charge on any atom is -0.286 e. The zero-order chi connectivity index (χ0) is 14.1. The molecule has 2 aromatic heterocycles. The van der Waals surface area contributed by atoms with Gasteiger partial charge in [0.2, 0.25) is 5.65 Å². The zero-order valence-corrected chi connectivity index (χ0v) is 11.9. The second-order valence-electron chi connectivity index (χ2n) is 5.04. The van der Waals surface area contributed by atoms with Crippen LogP contribution in [0.1, 0.15) is 5.56 Å². The molecule has 0 spiro atoms. The average Bonchev–Trinajstić information content (AvgIpc) is 2.46. The lowest BCUT2D eigenvalue weighted by atomic mass is 10.2. The summed E-state index contributed by atoms with van der Waals surface area (Å²) < 4.78 is 2.00. The minimum atomic E-state index is 0.750. The Kier molecular flexibility index (Phi) is 3.06. The molecule has 0 saturated carbocycles. The van der Waals surface area contributed by atoms with E-state index >= 15 is 0 Å². The van der Waals surface area contributed by atoms with Gasteiger partial charge in [-0.05, 0) is 30.7 Å². The molecule has 0 unspecified atom stereocenters. The molecular formula is C16H17N4+. The molecule has 0 saturated heterocycles. The normalized spacial score (nSPS) is 10.8. The monoisotopic (exact) mass is 265 g/mol. The van der Waals surface area contributed by atoms with Gasteiger partial charge < -0.3 is 0 Å². The fourth-order valence-corrected chi connectivity index (χ4v) is 2.16. The molecule has 0 amide bonds. The maximum absolute atomic E-state index is 4.68. The third-order valence-electron chi connectivity index (χ3n) is 3.16. The topological polar surface area (TPSA) is 33.1 Å². The number of aromatic nitrogens is 3. The number of benzene rings is 1. The van der Waals surface area contributed by atoms with Crippen LogP contribution in [-0.2, 0) is 0 Å². The lowest BCUT2D eigenvalue weighted by molar-refractivity contribution is -0.504. The predicted molar refractivity (Wildman–Crippen MR) is 79.7 cm³/mol. The van der Waals surface area contributed by atoms with Crippen LogP contribution in [0.5, 0.6) is 0 Å². The van der Waals surface area contributed by atoms with Gasteiger partial charge in [-0.25, -0.2) is 0 Å². The van der Waals surface area contributed by atoms with Crippen molar-refractivity contribution in [3.05, 3.63) is 54.2 Å². The van der Waals surface area contributed by atoms with Gasteiger partial charge in [-0.2, -0.15) is 4.40 Å². The Morgan fingerprint density at radius 2 is 1.75 bits per heavy atom. The highest BCUT2D eigenvalue weighted by atomic mass is 15.3. The Bertz CT molecular complexity index is 751. The van der Waals surface area contributed by atoms with Crippen molar-refractivity contribution in [1.29, 1.82) is 0 Å². The van der Waals surface area contributed by atoms with Gasteiger partial charge in [0.25, 0.3) is 5.82 Å². The van der Waals surface area contributed by atoms with E-state index in [9.17, 15) is 0 Å². The first-order valence-corrected chi connectivity index (χ1v) is 6.58. The van der Waals surface area contributed by atoms with E-state index in [1.54, 1.807) is 0 Å². The minimum absolute atomic E-state index is 0.750. The summed E-state index contributed by atoms with van der Waals surface area (Å²) >= 11 is 0. The number of hydrogen-bond donors (Lipinski definition) is 0. The van der Waals surface area contributed by atoms with Crippen LogP contribution in [-0.4, -0.2) is 24.1 Å². The number of pyridine rings is 1. The molecule has 100 valence electrons. The van der Waals surface area contributed by atoms with Crippen LogP contribution in [0.15, 0.2) is 48.7 Å². The van der Waals surface area contributed by atoms with Gasteiger partial charge in [-0.3, -0.25) is 4.90 Å². The van der Waals surface area contributed by atoms with Crippen LogP contribution in [0.25, 0.3) is 17.0 Å². The number of nitrogens with zero attached hydrogens (tertiary/aromatic N) is 4. The first kappa shape index (κ1) is 12.5. The molecule has 0 fully saturated rings. The Labute approximate surface area is 118 Å². The van der Waals surface area contributed by atoms with Crippen LogP contribution < -0.4 is 9.30 Å². The highest BCUT2D eigenvalue weighted by Crippen LogP contribution is 2.16. The van der Waals surface area contributed by atoms with Crippen molar-refractivity contribution in [1.82, 2.24) is 9.97 Å². The second-order valence-corrected chi connectivity index (χ2v) is 5.04. The van der Waals surface area contributed by atoms with Crippen LogP contribution in [0.3, 0.4) is 0 Å². The van der Waals surface area contributed by atoms with Gasteiger partial charge in [-0.15, -0.1) is 4.98 Å². The number of anilines is 1. The number of fused-ring (bicyclic) bond motifs is 1. The molecule has 3 aromatic rings. The first-order valence-electron chi connectivity index (χ1n) is 6.58. The Balaban J connectivity index is 2.30. The molecular weight excluding hydrogens is 248 g/mol. The number of aryl methyl sites for hydroxylation is 1. The van der Waals surface area contributed by atoms with Gasteiger partial charge in [-0.1, -0.05) is 23.2 Å². The Hall–Kier alpha value is -2.49. The molecule has 3 rings (SSSR count). The Morgan fingerprint density at radius 1 is 1.00 bits per heavy atom. The van der Waals surface area contributed by atoms with E-state index in [-0.39, 0.29) is 0 Å². The molecule has 0 N–H and O–H groups in total. The highest BCUT2D eigenvalue weighted by molar-refractivity contribution is 5.57. The molecule has 2 heterocycles. The van der Waals surface area contributed by atoms with Crippen molar-refractivity contribution in [2.75, 3.05) is 19.0 Å². The summed E-state index contributed by atoms with van der Waals surface area (Å²) in [5.74, 6) is 1.62. The molecule has 0 aliphatic heterocycles. The summed E-state index contributed by atoms with van der Waals surface area (Å²) in [6, 6.07) is 14.2. The third kappa shape index (κ3) is 2.20. The fraction of sp³-hybridized carbons (Fsp3) is 0.188. The molecule has 0 radical (unpaired) electrons. The summed E-state index contributed by atoms with van der Waals surface area (Å²) in [5.41, 5.74) is 3.12. The molecule has 0 bridgehead atoms. The average molecular weight is 265 g/mol. The van der Waals surface area contributed by atoms with Gasteiger partial charge >= 0.3 is 5.95 Å². The van der Waals surface area contributed by atoms with Crippen LogP contribution in [0, 0.1) is 6.92 Å². The molecule has 4 nitrogen and oxygen atoms in total. The van der Waals surface area contributed by atoms with Crippen LogP contribution >= 0.6 is 0 Å². The molecule has 0 atom stereocenters. The SMILES string of the molecule is Cc1cc[n+]2c(N(C)C)nc(-c3ccccc3)nc2c1. The summed E-state index contributed by atoms with van der Waals surface area (Å²) in [6.07, 6.45) is 2.01. The highest BCUT2D eigenvalue weighted by Gasteiger charge is 2.18. The van der Waals surface area contributed by atoms with Crippen molar-refractivity contribution in [2.24, 2.45) is 0 Å². The maximum atomic E-state index is 4.68. The fourth-order valence-electron chi connectivity index (χ4n) is 2.16. The molecule has 0 aliphatic carbocycles. The quantitative estimate of drug-likeness (QED) is 0.666. The summed E-state index contributed by atoms with van der Waals surface area (Å²) in [6.45, 7) is 2.07. The lowest BCUT2D eigenvalue weighted by Gasteiger charge is -2.08. The van der Waals surface area contributed by atoms with E-state index < -0.39 is 0 Å². The van der Waals surface area contributed by atoms with Gasteiger partial charge in [0.05, 0.1) is 6.20 Å². The van der Waals surface area contributed by atoms with E-state index in [0.29, 0.717) is 0 Å². The smallest absolute Gasteiger partial charge is 0.286 e. The van der Waals surface area contributed by atoms with E-state index in [2.05, 4.69) is 29.0 Å². The van der Waals surface area contributed by atoms with Crippen molar-refractivity contribution < 1.29 is 4.40 Å². The maximum Gasteiger partial charge on any atom is 0.357 e. The van der Waals surface area contributed by atoms with E-state index in [1.807, 2.05) is 59.9 Å². The second kappa shape index (κ2) is 4.89. The van der Waals surface area contributed by atoms with E-state index in [0.717, 1.165) is 23.0 Å². The van der Waals surface area contributed by atoms with Gasteiger partial charge in [0.1, 0.15) is 0 Å². The third-order valence-corrected chi connectivity index (χ3v) is 3.16.